The minimum atomic E-state index is -3.66. The van der Waals surface area contributed by atoms with E-state index in [1.807, 2.05) is 11.8 Å². The van der Waals surface area contributed by atoms with E-state index in [0.29, 0.717) is 23.1 Å². The van der Waals surface area contributed by atoms with Crippen LogP contribution in [0.2, 0.25) is 0 Å². The predicted molar refractivity (Wildman–Crippen MR) is 78.0 cm³/mol. The molecule has 0 aromatic carbocycles. The van der Waals surface area contributed by atoms with Crippen molar-refractivity contribution in [2.45, 2.75) is 23.8 Å². The minimum Gasteiger partial charge on any atom is -0.392 e. The van der Waals surface area contributed by atoms with Crippen LogP contribution in [0.15, 0.2) is 5.03 Å². The number of aromatic nitrogens is 2. The molecule has 3 N–H and O–H groups in total. The Morgan fingerprint density at radius 3 is 2.95 bits per heavy atom. The Labute approximate surface area is 121 Å². The zero-order chi connectivity index (χ0) is 13.9. The summed E-state index contributed by atoms with van der Waals surface area (Å²) in [5.41, 5.74) is 0.906. The first kappa shape index (κ1) is 15.2. The molecule has 0 saturated carbocycles. The molecule has 0 spiro atoms. The van der Waals surface area contributed by atoms with Crippen molar-refractivity contribution >= 4 is 33.5 Å². The molecule has 2 heterocycles. The number of nitrogens with one attached hydrogen (secondary N) is 2. The summed E-state index contributed by atoms with van der Waals surface area (Å²) in [7, 11) is -3.66. The summed E-state index contributed by atoms with van der Waals surface area (Å²) >= 11 is 3.63. The van der Waals surface area contributed by atoms with Gasteiger partial charge in [0.2, 0.25) is 0 Å². The number of thioether (sulfide) groups is 2. The van der Waals surface area contributed by atoms with Crippen LogP contribution in [0.4, 0.5) is 0 Å². The maximum absolute atomic E-state index is 12.1. The summed E-state index contributed by atoms with van der Waals surface area (Å²) in [5.74, 6) is 3.14. The maximum atomic E-state index is 12.1. The van der Waals surface area contributed by atoms with Gasteiger partial charge in [0, 0.05) is 40.3 Å². The molecular weight excluding hydrogens is 306 g/mol. The lowest BCUT2D eigenvalue weighted by Crippen LogP contribution is -2.34. The quantitative estimate of drug-likeness (QED) is 0.723. The van der Waals surface area contributed by atoms with E-state index < -0.39 is 10.0 Å². The molecule has 2 rings (SSSR count). The number of rotatable bonds is 5. The largest absolute Gasteiger partial charge is 0.392 e. The van der Waals surface area contributed by atoms with Crippen LogP contribution in [0.1, 0.15) is 11.3 Å². The summed E-state index contributed by atoms with van der Waals surface area (Å²) in [6.45, 7) is 1.74. The third kappa shape index (κ3) is 3.66. The molecule has 6 nitrogen and oxygen atoms in total. The monoisotopic (exact) mass is 323 g/mol. The Balaban J connectivity index is 2.05. The van der Waals surface area contributed by atoms with Crippen molar-refractivity contribution in [1.29, 1.82) is 0 Å². The first-order valence-electron chi connectivity index (χ1n) is 5.88. The molecule has 19 heavy (non-hydrogen) atoms. The first-order chi connectivity index (χ1) is 9.04. The fourth-order valence-electron chi connectivity index (χ4n) is 1.76. The summed E-state index contributed by atoms with van der Waals surface area (Å²) in [5, 5.41) is 15.8. The number of nitrogens with zero attached hydrogens (tertiary/aromatic N) is 1. The van der Waals surface area contributed by atoms with Crippen LogP contribution in [0.5, 0.6) is 0 Å². The SMILES string of the molecule is Cc1[nH]nc(S(=O)(=O)NCC2CSCCS2)c1CO. The lowest BCUT2D eigenvalue weighted by Gasteiger charge is -2.20. The third-order valence-electron chi connectivity index (χ3n) is 2.83. The molecule has 1 aliphatic rings. The second-order valence-electron chi connectivity index (χ2n) is 4.21. The van der Waals surface area contributed by atoms with Gasteiger partial charge in [0.25, 0.3) is 10.0 Å². The van der Waals surface area contributed by atoms with Crippen LogP contribution in [-0.2, 0) is 16.6 Å². The average molecular weight is 323 g/mol. The van der Waals surface area contributed by atoms with Gasteiger partial charge in [-0.25, -0.2) is 13.1 Å². The van der Waals surface area contributed by atoms with Gasteiger partial charge in [-0.2, -0.15) is 28.6 Å². The van der Waals surface area contributed by atoms with Crippen molar-refractivity contribution in [2.24, 2.45) is 0 Å². The smallest absolute Gasteiger partial charge is 0.260 e. The molecular formula is C10H17N3O3S3. The fourth-order valence-corrected chi connectivity index (χ4v) is 5.75. The summed E-state index contributed by atoms with van der Waals surface area (Å²) in [6, 6.07) is 0. The van der Waals surface area contributed by atoms with Gasteiger partial charge in [0.15, 0.2) is 5.03 Å². The second-order valence-corrected chi connectivity index (χ2v) is 8.45. The van der Waals surface area contributed by atoms with Gasteiger partial charge >= 0.3 is 0 Å². The number of aliphatic hydroxyl groups excluding tert-OH is 1. The predicted octanol–water partition coefficient (Wildman–Crippen LogP) is 0.337. The summed E-state index contributed by atoms with van der Waals surface area (Å²) < 4.78 is 26.9. The van der Waals surface area contributed by atoms with E-state index in [9.17, 15) is 13.5 Å². The molecule has 1 aliphatic heterocycles. The van der Waals surface area contributed by atoms with Gasteiger partial charge in [-0.05, 0) is 6.92 Å². The zero-order valence-electron chi connectivity index (χ0n) is 10.5. The van der Waals surface area contributed by atoms with Crippen LogP contribution < -0.4 is 4.72 Å². The van der Waals surface area contributed by atoms with Crippen molar-refractivity contribution in [3.05, 3.63) is 11.3 Å². The van der Waals surface area contributed by atoms with Crippen LogP contribution >= 0.6 is 23.5 Å². The number of sulfonamides is 1. The van der Waals surface area contributed by atoms with E-state index in [-0.39, 0.29) is 11.6 Å². The highest BCUT2D eigenvalue weighted by Crippen LogP contribution is 2.24. The maximum Gasteiger partial charge on any atom is 0.260 e. The number of aliphatic hydroxyl groups is 1. The van der Waals surface area contributed by atoms with E-state index in [1.165, 1.54) is 0 Å². The number of hydrogen-bond acceptors (Lipinski definition) is 6. The Morgan fingerprint density at radius 1 is 1.53 bits per heavy atom. The van der Waals surface area contributed by atoms with Crippen LogP contribution in [0.3, 0.4) is 0 Å². The normalized spacial score (nSPS) is 20.6. The first-order valence-corrected chi connectivity index (χ1v) is 9.57. The topological polar surface area (TPSA) is 95.1 Å². The molecule has 1 aromatic heterocycles. The number of H-pyrrole nitrogens is 1. The molecule has 0 aliphatic carbocycles. The Kier molecular flexibility index (Phi) is 5.18. The van der Waals surface area contributed by atoms with Crippen molar-refractivity contribution < 1.29 is 13.5 Å². The number of aromatic amines is 1. The summed E-state index contributed by atoms with van der Waals surface area (Å²) in [6.07, 6.45) is 0. The summed E-state index contributed by atoms with van der Waals surface area (Å²) in [4.78, 5) is 0. The van der Waals surface area contributed by atoms with E-state index >= 15 is 0 Å². The fraction of sp³-hybridized carbons (Fsp3) is 0.700. The number of aryl methyl sites for hydroxylation is 1. The highest BCUT2D eigenvalue weighted by molar-refractivity contribution is 8.06. The molecule has 0 radical (unpaired) electrons. The van der Waals surface area contributed by atoms with Crippen LogP contribution in [0, 0.1) is 6.92 Å². The van der Waals surface area contributed by atoms with Crippen molar-refractivity contribution in [3.63, 3.8) is 0 Å². The molecule has 108 valence electrons. The molecule has 1 unspecified atom stereocenters. The standard InChI is InChI=1S/C10H17N3O3S3/c1-7-9(5-14)10(13-12-7)19(15,16)11-4-8-6-17-2-3-18-8/h8,11,14H,2-6H2,1H3,(H,12,13). The Hall–Kier alpha value is -0.220. The Bertz CT molecular complexity index is 523. The van der Waals surface area contributed by atoms with E-state index in [4.69, 9.17) is 0 Å². The van der Waals surface area contributed by atoms with E-state index in [0.717, 1.165) is 17.3 Å². The highest BCUT2D eigenvalue weighted by Gasteiger charge is 2.25. The van der Waals surface area contributed by atoms with Crippen LogP contribution in [-0.4, -0.2) is 52.8 Å². The molecule has 0 amide bonds. The zero-order valence-corrected chi connectivity index (χ0v) is 13.0. The number of hydrogen-bond donors (Lipinski definition) is 3. The van der Waals surface area contributed by atoms with E-state index in [1.54, 1.807) is 18.7 Å². The molecule has 1 fully saturated rings. The van der Waals surface area contributed by atoms with Gasteiger partial charge in [0.1, 0.15) is 0 Å². The second kappa shape index (κ2) is 6.49. The lowest BCUT2D eigenvalue weighted by molar-refractivity contribution is 0.277. The molecule has 1 saturated heterocycles. The molecule has 9 heteroatoms. The minimum absolute atomic E-state index is 0.0963. The van der Waals surface area contributed by atoms with Gasteiger partial charge in [-0.1, -0.05) is 0 Å². The average Bonchev–Trinajstić information content (AvgIpc) is 2.79. The highest BCUT2D eigenvalue weighted by atomic mass is 32.2. The van der Waals surface area contributed by atoms with Gasteiger partial charge in [-0.15, -0.1) is 0 Å². The third-order valence-corrected chi connectivity index (χ3v) is 7.07. The van der Waals surface area contributed by atoms with Gasteiger partial charge in [-0.3, -0.25) is 5.10 Å². The van der Waals surface area contributed by atoms with Crippen molar-refractivity contribution in [2.75, 3.05) is 23.8 Å². The van der Waals surface area contributed by atoms with Crippen molar-refractivity contribution in [1.82, 2.24) is 14.9 Å². The van der Waals surface area contributed by atoms with Crippen molar-refractivity contribution in [3.8, 4) is 0 Å². The molecule has 0 bridgehead atoms. The van der Waals surface area contributed by atoms with Gasteiger partial charge < -0.3 is 5.11 Å². The lowest BCUT2D eigenvalue weighted by atomic mass is 10.3. The van der Waals surface area contributed by atoms with Crippen LogP contribution in [0.25, 0.3) is 0 Å². The van der Waals surface area contributed by atoms with E-state index in [2.05, 4.69) is 14.9 Å². The molecule has 1 atom stereocenters. The Morgan fingerprint density at radius 2 is 2.32 bits per heavy atom. The van der Waals surface area contributed by atoms with Gasteiger partial charge in [0.05, 0.1) is 6.61 Å². The molecule has 1 aromatic rings.